The van der Waals surface area contributed by atoms with Crippen LogP contribution in [0.25, 0.3) is 0 Å². The van der Waals surface area contributed by atoms with Crippen molar-refractivity contribution in [3.8, 4) is 5.75 Å². The second-order valence-corrected chi connectivity index (χ2v) is 4.41. The van der Waals surface area contributed by atoms with Gasteiger partial charge in [-0.3, -0.25) is 4.79 Å². The number of carbonyl (C=O) groups excluding carboxylic acids is 1. The van der Waals surface area contributed by atoms with Gasteiger partial charge < -0.3 is 14.7 Å². The van der Waals surface area contributed by atoms with Gasteiger partial charge in [0, 0.05) is 19.2 Å². The Kier molecular flexibility index (Phi) is 5.65. The molecular formula is C14H21NO3. The molecular weight excluding hydrogens is 230 g/mol. The molecule has 0 radical (unpaired) electrons. The molecule has 1 N–H and O–H groups in total. The van der Waals surface area contributed by atoms with Crippen molar-refractivity contribution in [1.29, 1.82) is 0 Å². The number of benzene rings is 1. The Morgan fingerprint density at radius 1 is 1.39 bits per heavy atom. The van der Waals surface area contributed by atoms with Gasteiger partial charge >= 0.3 is 0 Å². The number of hydrogen-bond acceptors (Lipinski definition) is 3. The van der Waals surface area contributed by atoms with Gasteiger partial charge in [0.05, 0.1) is 12.7 Å². The molecule has 1 atom stereocenters. The molecule has 1 aromatic rings. The third-order valence-corrected chi connectivity index (χ3v) is 2.46. The number of aliphatic hydroxyl groups is 1. The van der Waals surface area contributed by atoms with E-state index >= 15 is 0 Å². The van der Waals surface area contributed by atoms with Crippen LogP contribution in [0, 0.1) is 0 Å². The summed E-state index contributed by atoms with van der Waals surface area (Å²) in [6.07, 6.45) is 0.434. The minimum absolute atomic E-state index is 0.0991. The average molecular weight is 251 g/mol. The summed E-state index contributed by atoms with van der Waals surface area (Å²) >= 11 is 0. The molecule has 1 aromatic carbocycles. The number of nitrogens with zero attached hydrogens (tertiary/aromatic N) is 1. The van der Waals surface area contributed by atoms with Crippen LogP contribution in [0.1, 0.15) is 30.6 Å². The van der Waals surface area contributed by atoms with E-state index in [2.05, 4.69) is 0 Å². The number of hydrogen-bond donors (Lipinski definition) is 1. The van der Waals surface area contributed by atoms with Crippen molar-refractivity contribution in [1.82, 2.24) is 4.90 Å². The first-order valence-corrected chi connectivity index (χ1v) is 6.21. The summed E-state index contributed by atoms with van der Waals surface area (Å²) in [5, 5.41) is 9.25. The molecule has 0 aliphatic carbocycles. The van der Waals surface area contributed by atoms with Gasteiger partial charge in [-0.2, -0.15) is 0 Å². The Bertz CT molecular complexity index is 373. The van der Waals surface area contributed by atoms with Crippen LogP contribution < -0.4 is 4.74 Å². The summed E-state index contributed by atoms with van der Waals surface area (Å²) < 4.78 is 5.45. The van der Waals surface area contributed by atoms with Crippen LogP contribution in [0.4, 0.5) is 0 Å². The lowest BCUT2D eigenvalue weighted by Crippen LogP contribution is -2.32. The SMILES string of the molecule is CCCOc1ccc(C(=O)N(C)CC(C)O)cc1. The monoisotopic (exact) mass is 251 g/mol. The van der Waals surface area contributed by atoms with E-state index in [0.717, 1.165) is 12.2 Å². The van der Waals surface area contributed by atoms with Crippen molar-refractivity contribution >= 4 is 5.91 Å². The lowest BCUT2D eigenvalue weighted by molar-refractivity contribution is 0.0703. The van der Waals surface area contributed by atoms with Crippen LogP contribution in [0.3, 0.4) is 0 Å². The normalized spacial score (nSPS) is 12.0. The summed E-state index contributed by atoms with van der Waals surface area (Å²) in [7, 11) is 1.68. The molecule has 0 saturated heterocycles. The van der Waals surface area contributed by atoms with E-state index in [1.807, 2.05) is 6.92 Å². The number of carbonyl (C=O) groups is 1. The molecule has 1 amide bonds. The number of aliphatic hydroxyl groups excluding tert-OH is 1. The molecule has 18 heavy (non-hydrogen) atoms. The molecule has 0 saturated carbocycles. The van der Waals surface area contributed by atoms with E-state index in [4.69, 9.17) is 4.74 Å². The highest BCUT2D eigenvalue weighted by Gasteiger charge is 2.13. The van der Waals surface area contributed by atoms with Crippen molar-refractivity contribution < 1.29 is 14.6 Å². The smallest absolute Gasteiger partial charge is 0.253 e. The van der Waals surface area contributed by atoms with Crippen LogP contribution in [0.5, 0.6) is 5.75 Å². The highest BCUT2D eigenvalue weighted by atomic mass is 16.5. The second kappa shape index (κ2) is 7.01. The molecule has 1 rings (SSSR count). The first kappa shape index (κ1) is 14.5. The third kappa shape index (κ3) is 4.37. The predicted molar refractivity (Wildman–Crippen MR) is 70.9 cm³/mol. The fraction of sp³-hybridized carbons (Fsp3) is 0.500. The first-order chi connectivity index (χ1) is 8.54. The first-order valence-electron chi connectivity index (χ1n) is 6.21. The Morgan fingerprint density at radius 3 is 2.50 bits per heavy atom. The Hall–Kier alpha value is -1.55. The van der Waals surface area contributed by atoms with Crippen LogP contribution in [0.2, 0.25) is 0 Å². The average Bonchev–Trinajstić information content (AvgIpc) is 2.35. The van der Waals surface area contributed by atoms with E-state index in [1.54, 1.807) is 38.2 Å². The van der Waals surface area contributed by atoms with Gasteiger partial charge in [0.1, 0.15) is 5.75 Å². The van der Waals surface area contributed by atoms with Gasteiger partial charge in [0.25, 0.3) is 5.91 Å². The van der Waals surface area contributed by atoms with Crippen molar-refractivity contribution in [2.75, 3.05) is 20.2 Å². The number of ether oxygens (including phenoxy) is 1. The lowest BCUT2D eigenvalue weighted by atomic mass is 10.2. The molecule has 0 aromatic heterocycles. The fourth-order valence-electron chi connectivity index (χ4n) is 1.61. The minimum atomic E-state index is -0.522. The highest BCUT2D eigenvalue weighted by Crippen LogP contribution is 2.13. The van der Waals surface area contributed by atoms with Crippen LogP contribution in [0.15, 0.2) is 24.3 Å². The van der Waals surface area contributed by atoms with Gasteiger partial charge in [0.2, 0.25) is 0 Å². The molecule has 0 aliphatic heterocycles. The summed E-state index contributed by atoms with van der Waals surface area (Å²) in [5.74, 6) is 0.671. The van der Waals surface area contributed by atoms with Crippen molar-refractivity contribution in [3.05, 3.63) is 29.8 Å². The van der Waals surface area contributed by atoms with Crippen LogP contribution >= 0.6 is 0 Å². The lowest BCUT2D eigenvalue weighted by Gasteiger charge is -2.18. The zero-order valence-electron chi connectivity index (χ0n) is 11.2. The zero-order chi connectivity index (χ0) is 13.5. The molecule has 0 aliphatic rings. The van der Waals surface area contributed by atoms with Crippen molar-refractivity contribution in [3.63, 3.8) is 0 Å². The standard InChI is InChI=1S/C14H21NO3/c1-4-9-18-13-7-5-12(6-8-13)14(17)15(3)10-11(2)16/h5-8,11,16H,4,9-10H2,1-3H3. The maximum atomic E-state index is 12.0. The predicted octanol–water partition coefficient (Wildman–Crippen LogP) is 1.93. The Labute approximate surface area is 108 Å². The topological polar surface area (TPSA) is 49.8 Å². The summed E-state index contributed by atoms with van der Waals surface area (Å²) in [4.78, 5) is 13.5. The van der Waals surface area contributed by atoms with E-state index in [9.17, 15) is 9.90 Å². The summed E-state index contributed by atoms with van der Waals surface area (Å²) in [6, 6.07) is 7.07. The minimum Gasteiger partial charge on any atom is -0.494 e. The Balaban J connectivity index is 2.63. The highest BCUT2D eigenvalue weighted by molar-refractivity contribution is 5.94. The van der Waals surface area contributed by atoms with Gasteiger partial charge in [-0.1, -0.05) is 6.92 Å². The zero-order valence-corrected chi connectivity index (χ0v) is 11.2. The van der Waals surface area contributed by atoms with Crippen molar-refractivity contribution in [2.24, 2.45) is 0 Å². The molecule has 1 unspecified atom stereocenters. The Morgan fingerprint density at radius 2 is 2.00 bits per heavy atom. The third-order valence-electron chi connectivity index (χ3n) is 2.46. The van der Waals surface area contributed by atoms with Crippen LogP contribution in [-0.4, -0.2) is 42.2 Å². The van der Waals surface area contributed by atoms with E-state index in [-0.39, 0.29) is 5.91 Å². The summed E-state index contributed by atoms with van der Waals surface area (Å²) in [6.45, 7) is 4.70. The molecule has 4 nitrogen and oxygen atoms in total. The largest absolute Gasteiger partial charge is 0.494 e. The molecule has 4 heteroatoms. The molecule has 0 spiro atoms. The number of likely N-dealkylation sites (N-methyl/N-ethyl adjacent to an activating group) is 1. The van der Waals surface area contributed by atoms with Gasteiger partial charge in [0.15, 0.2) is 0 Å². The number of amides is 1. The quantitative estimate of drug-likeness (QED) is 0.840. The number of rotatable bonds is 6. The maximum absolute atomic E-state index is 12.0. The van der Waals surface area contributed by atoms with E-state index < -0.39 is 6.10 Å². The van der Waals surface area contributed by atoms with Crippen molar-refractivity contribution in [2.45, 2.75) is 26.4 Å². The molecule has 100 valence electrons. The van der Waals surface area contributed by atoms with Crippen LogP contribution in [-0.2, 0) is 0 Å². The molecule has 0 bridgehead atoms. The maximum Gasteiger partial charge on any atom is 0.253 e. The second-order valence-electron chi connectivity index (χ2n) is 4.41. The molecule has 0 fully saturated rings. The van der Waals surface area contributed by atoms with E-state index in [0.29, 0.717) is 18.7 Å². The van der Waals surface area contributed by atoms with Gasteiger partial charge in [-0.05, 0) is 37.6 Å². The van der Waals surface area contributed by atoms with Gasteiger partial charge in [-0.15, -0.1) is 0 Å². The molecule has 0 heterocycles. The summed E-state index contributed by atoms with van der Waals surface area (Å²) in [5.41, 5.74) is 0.599. The van der Waals surface area contributed by atoms with Gasteiger partial charge in [-0.25, -0.2) is 0 Å². The van der Waals surface area contributed by atoms with E-state index in [1.165, 1.54) is 4.90 Å². The fourth-order valence-corrected chi connectivity index (χ4v) is 1.61.